The van der Waals surface area contributed by atoms with Crippen LogP contribution >= 0.6 is 11.6 Å². The number of pyridine rings is 1. The van der Waals surface area contributed by atoms with Crippen LogP contribution in [0.1, 0.15) is 26.2 Å². The van der Waals surface area contributed by atoms with E-state index < -0.39 is 0 Å². The van der Waals surface area contributed by atoms with Crippen molar-refractivity contribution in [3.8, 4) is 0 Å². The molecule has 0 radical (unpaired) electrons. The zero-order valence-electron chi connectivity index (χ0n) is 11.6. The molecule has 0 aliphatic carbocycles. The van der Waals surface area contributed by atoms with E-state index in [-0.39, 0.29) is 5.91 Å². The van der Waals surface area contributed by atoms with Crippen LogP contribution in [0, 0.1) is 5.92 Å². The van der Waals surface area contributed by atoms with Gasteiger partial charge in [-0.3, -0.25) is 9.36 Å². The van der Waals surface area contributed by atoms with Crippen molar-refractivity contribution in [1.82, 2.24) is 14.5 Å². The van der Waals surface area contributed by atoms with Gasteiger partial charge >= 0.3 is 0 Å². The van der Waals surface area contributed by atoms with Gasteiger partial charge < -0.3 is 4.90 Å². The summed E-state index contributed by atoms with van der Waals surface area (Å²) in [6, 6.07) is 5.77. The topological polar surface area (TPSA) is 38.1 Å². The molecule has 3 rings (SSSR count). The smallest absolute Gasteiger partial charge is 0.224 e. The van der Waals surface area contributed by atoms with Crippen molar-refractivity contribution in [3.05, 3.63) is 29.5 Å². The SMILES string of the molecule is CCCC1CC(=O)N(Cn2c(Cl)cc3cccnc32)C1. The highest BCUT2D eigenvalue weighted by molar-refractivity contribution is 6.30. The van der Waals surface area contributed by atoms with E-state index in [9.17, 15) is 4.79 Å². The van der Waals surface area contributed by atoms with E-state index in [1.807, 2.05) is 27.7 Å². The predicted octanol–water partition coefficient (Wildman–Crippen LogP) is 3.30. The Bertz CT molecular complexity index is 637. The molecule has 5 heteroatoms. The molecule has 4 nitrogen and oxygen atoms in total. The fourth-order valence-corrected chi connectivity index (χ4v) is 3.20. The first-order chi connectivity index (χ1) is 9.69. The van der Waals surface area contributed by atoms with Gasteiger partial charge in [-0.1, -0.05) is 24.9 Å². The maximum absolute atomic E-state index is 12.1. The summed E-state index contributed by atoms with van der Waals surface area (Å²) in [6.07, 6.45) is 4.65. The summed E-state index contributed by atoms with van der Waals surface area (Å²) < 4.78 is 1.91. The molecule has 2 aromatic heterocycles. The molecular formula is C15H18ClN3O. The normalized spacial score (nSPS) is 19.2. The Hall–Kier alpha value is -1.55. The van der Waals surface area contributed by atoms with Gasteiger partial charge in [-0.2, -0.15) is 0 Å². The lowest BCUT2D eigenvalue weighted by Gasteiger charge is -2.18. The number of halogens is 1. The van der Waals surface area contributed by atoms with Gasteiger partial charge in [0.2, 0.25) is 5.91 Å². The zero-order valence-corrected chi connectivity index (χ0v) is 12.3. The Labute approximate surface area is 123 Å². The van der Waals surface area contributed by atoms with E-state index in [1.165, 1.54) is 0 Å². The fourth-order valence-electron chi connectivity index (χ4n) is 2.95. The van der Waals surface area contributed by atoms with Gasteiger partial charge in [0.25, 0.3) is 0 Å². The van der Waals surface area contributed by atoms with Crippen LogP contribution in [-0.2, 0) is 11.5 Å². The summed E-state index contributed by atoms with van der Waals surface area (Å²) in [7, 11) is 0. The quantitative estimate of drug-likeness (QED) is 0.867. The van der Waals surface area contributed by atoms with E-state index in [0.29, 0.717) is 24.2 Å². The molecule has 1 saturated heterocycles. The first kappa shape index (κ1) is 13.4. The molecule has 3 heterocycles. The molecule has 1 fully saturated rings. The lowest BCUT2D eigenvalue weighted by atomic mass is 10.0. The number of likely N-dealkylation sites (tertiary alicyclic amines) is 1. The highest BCUT2D eigenvalue weighted by Crippen LogP contribution is 2.26. The third-order valence-electron chi connectivity index (χ3n) is 3.91. The van der Waals surface area contributed by atoms with Crippen molar-refractivity contribution in [2.24, 2.45) is 5.92 Å². The van der Waals surface area contributed by atoms with Crippen molar-refractivity contribution in [2.75, 3.05) is 6.54 Å². The van der Waals surface area contributed by atoms with Crippen LogP contribution in [0.5, 0.6) is 0 Å². The van der Waals surface area contributed by atoms with E-state index in [2.05, 4.69) is 11.9 Å². The number of rotatable bonds is 4. The van der Waals surface area contributed by atoms with Gasteiger partial charge in [0, 0.05) is 24.5 Å². The minimum absolute atomic E-state index is 0.220. The van der Waals surface area contributed by atoms with Gasteiger partial charge in [-0.05, 0) is 30.5 Å². The molecule has 0 spiro atoms. The van der Waals surface area contributed by atoms with Crippen molar-refractivity contribution in [3.63, 3.8) is 0 Å². The highest BCUT2D eigenvalue weighted by Gasteiger charge is 2.29. The Morgan fingerprint density at radius 1 is 1.50 bits per heavy atom. The molecule has 0 N–H and O–H groups in total. The standard InChI is InChI=1S/C15H18ClN3O/c1-2-4-11-7-14(20)18(9-11)10-19-13(16)8-12-5-3-6-17-15(12)19/h3,5-6,8,11H,2,4,7,9-10H2,1H3. The lowest BCUT2D eigenvalue weighted by Crippen LogP contribution is -2.28. The molecule has 1 amide bonds. The molecule has 0 bridgehead atoms. The molecular weight excluding hydrogens is 274 g/mol. The van der Waals surface area contributed by atoms with Crippen molar-refractivity contribution < 1.29 is 4.79 Å². The van der Waals surface area contributed by atoms with E-state index in [1.54, 1.807) is 6.20 Å². The summed E-state index contributed by atoms with van der Waals surface area (Å²) in [5.74, 6) is 0.707. The Morgan fingerprint density at radius 2 is 2.35 bits per heavy atom. The molecule has 1 atom stereocenters. The summed E-state index contributed by atoms with van der Waals surface area (Å²) >= 11 is 6.28. The molecule has 1 aliphatic rings. The largest absolute Gasteiger partial charge is 0.324 e. The predicted molar refractivity (Wildman–Crippen MR) is 79.5 cm³/mol. The number of fused-ring (bicyclic) bond motifs is 1. The van der Waals surface area contributed by atoms with Crippen LogP contribution in [0.3, 0.4) is 0 Å². The third-order valence-corrected chi connectivity index (χ3v) is 4.22. The van der Waals surface area contributed by atoms with Gasteiger partial charge in [0.15, 0.2) is 0 Å². The van der Waals surface area contributed by atoms with Gasteiger partial charge in [0.05, 0.1) is 0 Å². The average Bonchev–Trinajstić information content (AvgIpc) is 2.92. The summed E-state index contributed by atoms with van der Waals surface area (Å²) in [5, 5.41) is 1.64. The number of hydrogen-bond acceptors (Lipinski definition) is 2. The van der Waals surface area contributed by atoms with Crippen molar-refractivity contribution in [1.29, 1.82) is 0 Å². The highest BCUT2D eigenvalue weighted by atomic mass is 35.5. The number of carbonyl (C=O) groups is 1. The fraction of sp³-hybridized carbons (Fsp3) is 0.467. The van der Waals surface area contributed by atoms with Crippen LogP contribution in [0.4, 0.5) is 0 Å². The van der Waals surface area contributed by atoms with Gasteiger partial charge in [-0.25, -0.2) is 4.98 Å². The molecule has 0 saturated carbocycles. The minimum Gasteiger partial charge on any atom is -0.324 e. The van der Waals surface area contributed by atoms with E-state index in [4.69, 9.17) is 11.6 Å². The minimum atomic E-state index is 0.220. The zero-order chi connectivity index (χ0) is 14.1. The maximum Gasteiger partial charge on any atom is 0.224 e. The number of hydrogen-bond donors (Lipinski definition) is 0. The van der Waals surface area contributed by atoms with Crippen LogP contribution in [0.2, 0.25) is 5.15 Å². The summed E-state index contributed by atoms with van der Waals surface area (Å²) in [5.41, 5.74) is 0.837. The molecule has 106 valence electrons. The molecule has 1 aliphatic heterocycles. The average molecular weight is 292 g/mol. The van der Waals surface area contributed by atoms with Crippen LogP contribution in [-0.4, -0.2) is 26.9 Å². The van der Waals surface area contributed by atoms with Crippen LogP contribution in [0.15, 0.2) is 24.4 Å². The van der Waals surface area contributed by atoms with Crippen molar-refractivity contribution in [2.45, 2.75) is 32.9 Å². The maximum atomic E-state index is 12.1. The summed E-state index contributed by atoms with van der Waals surface area (Å²) in [6.45, 7) is 3.49. The monoisotopic (exact) mass is 291 g/mol. The van der Waals surface area contributed by atoms with Crippen molar-refractivity contribution >= 4 is 28.5 Å². The second kappa shape index (κ2) is 5.44. The van der Waals surface area contributed by atoms with Gasteiger partial charge in [0.1, 0.15) is 17.5 Å². The van der Waals surface area contributed by atoms with Gasteiger partial charge in [-0.15, -0.1) is 0 Å². The number of carbonyl (C=O) groups excluding carboxylic acids is 1. The Balaban J connectivity index is 1.83. The second-order valence-corrected chi connectivity index (χ2v) is 5.81. The molecule has 2 aromatic rings. The Kier molecular flexibility index (Phi) is 3.66. The molecule has 20 heavy (non-hydrogen) atoms. The molecule has 1 unspecified atom stereocenters. The third kappa shape index (κ3) is 2.40. The van der Waals surface area contributed by atoms with Crippen LogP contribution < -0.4 is 0 Å². The van der Waals surface area contributed by atoms with Crippen LogP contribution in [0.25, 0.3) is 11.0 Å². The number of amides is 1. The first-order valence-corrected chi connectivity index (χ1v) is 7.44. The summed E-state index contributed by atoms with van der Waals surface area (Å²) in [4.78, 5) is 18.3. The first-order valence-electron chi connectivity index (χ1n) is 7.06. The molecule has 0 aromatic carbocycles. The van der Waals surface area contributed by atoms with E-state index in [0.717, 1.165) is 30.4 Å². The Morgan fingerprint density at radius 3 is 3.15 bits per heavy atom. The number of aromatic nitrogens is 2. The van der Waals surface area contributed by atoms with E-state index >= 15 is 0 Å². The second-order valence-electron chi connectivity index (χ2n) is 5.43. The lowest BCUT2D eigenvalue weighted by molar-refractivity contribution is -0.129. The number of nitrogens with zero attached hydrogens (tertiary/aromatic N) is 3.